The van der Waals surface area contributed by atoms with Crippen LogP contribution in [0.2, 0.25) is 0 Å². The van der Waals surface area contributed by atoms with Gasteiger partial charge < -0.3 is 10.1 Å². The summed E-state index contributed by atoms with van der Waals surface area (Å²) < 4.78 is 4.66. The predicted molar refractivity (Wildman–Crippen MR) is 35.4 cm³/mol. The number of carbonyl (C=O) groups excluding carboxylic acids is 1. The molecule has 1 saturated carbocycles. The maximum Gasteiger partial charge on any atom is 0.310 e. The Kier molecular flexibility index (Phi) is 1.20. The summed E-state index contributed by atoms with van der Waals surface area (Å²) in [5, 5.41) is 3.26. The molecule has 2 heterocycles. The number of rotatable bonds is 1. The van der Waals surface area contributed by atoms with E-state index >= 15 is 0 Å². The molecule has 0 aromatic rings. The first-order chi connectivity index (χ1) is 4.83. The van der Waals surface area contributed by atoms with E-state index in [0.717, 1.165) is 6.54 Å². The van der Waals surface area contributed by atoms with Gasteiger partial charge in [-0.15, -0.1) is 0 Å². The molecule has 2 saturated heterocycles. The van der Waals surface area contributed by atoms with Crippen LogP contribution in [0, 0.1) is 11.8 Å². The maximum absolute atomic E-state index is 11.0. The van der Waals surface area contributed by atoms with Gasteiger partial charge in [0.1, 0.15) is 0 Å². The highest BCUT2D eigenvalue weighted by atomic mass is 16.5. The minimum Gasteiger partial charge on any atom is -0.469 e. The maximum atomic E-state index is 11.0. The molecule has 3 aliphatic rings. The van der Waals surface area contributed by atoms with E-state index < -0.39 is 0 Å². The number of methoxy groups -OCH3 is 1. The Hall–Kier alpha value is -0.570. The van der Waals surface area contributed by atoms with E-state index in [1.807, 2.05) is 0 Å². The van der Waals surface area contributed by atoms with Crippen molar-refractivity contribution in [2.75, 3.05) is 13.7 Å². The second kappa shape index (κ2) is 1.95. The molecule has 2 bridgehead atoms. The molecule has 56 valence electrons. The number of hydrogen-bond acceptors (Lipinski definition) is 3. The van der Waals surface area contributed by atoms with Gasteiger partial charge in [-0.2, -0.15) is 0 Å². The highest BCUT2D eigenvalue weighted by molar-refractivity contribution is 5.75. The van der Waals surface area contributed by atoms with Crippen molar-refractivity contribution in [3.63, 3.8) is 0 Å². The monoisotopic (exact) mass is 141 g/mol. The van der Waals surface area contributed by atoms with Crippen LogP contribution < -0.4 is 5.32 Å². The molecular weight excluding hydrogens is 130 g/mol. The smallest absolute Gasteiger partial charge is 0.310 e. The highest BCUT2D eigenvalue weighted by Gasteiger charge is 2.51. The normalized spacial score (nSPS) is 42.7. The number of esters is 1. The molecule has 3 heteroatoms. The first-order valence-electron chi connectivity index (χ1n) is 3.64. The lowest BCUT2D eigenvalue weighted by atomic mass is 9.74. The van der Waals surface area contributed by atoms with Crippen molar-refractivity contribution in [2.45, 2.75) is 12.5 Å². The van der Waals surface area contributed by atoms with E-state index in [1.165, 1.54) is 13.5 Å². The van der Waals surface area contributed by atoms with E-state index in [4.69, 9.17) is 0 Å². The zero-order valence-corrected chi connectivity index (χ0v) is 5.96. The van der Waals surface area contributed by atoms with Gasteiger partial charge in [0, 0.05) is 6.04 Å². The number of fused-ring (bicyclic) bond motifs is 1. The van der Waals surface area contributed by atoms with Gasteiger partial charge in [0.2, 0.25) is 0 Å². The summed E-state index contributed by atoms with van der Waals surface area (Å²) in [6.45, 7) is 1.00. The van der Waals surface area contributed by atoms with Crippen LogP contribution in [0.4, 0.5) is 0 Å². The number of ether oxygens (including phenoxy) is 1. The van der Waals surface area contributed by atoms with Crippen molar-refractivity contribution >= 4 is 5.97 Å². The van der Waals surface area contributed by atoms with E-state index in [-0.39, 0.29) is 11.9 Å². The Balaban J connectivity index is 2.02. The van der Waals surface area contributed by atoms with Crippen molar-refractivity contribution in [1.82, 2.24) is 5.32 Å². The Morgan fingerprint density at radius 3 is 2.90 bits per heavy atom. The molecule has 3 fully saturated rings. The summed E-state index contributed by atoms with van der Waals surface area (Å²) in [4.78, 5) is 11.0. The molecule has 10 heavy (non-hydrogen) atoms. The average molecular weight is 141 g/mol. The van der Waals surface area contributed by atoms with E-state index in [0.29, 0.717) is 12.0 Å². The molecule has 3 nitrogen and oxygen atoms in total. The van der Waals surface area contributed by atoms with E-state index in [9.17, 15) is 4.79 Å². The lowest BCUT2D eigenvalue weighted by molar-refractivity contribution is -0.150. The first kappa shape index (κ1) is 6.16. The first-order valence-corrected chi connectivity index (χ1v) is 3.64. The minimum absolute atomic E-state index is 0.0359. The molecule has 1 aliphatic carbocycles. The van der Waals surface area contributed by atoms with Crippen LogP contribution >= 0.6 is 0 Å². The summed E-state index contributed by atoms with van der Waals surface area (Å²) in [5.41, 5.74) is 0. The van der Waals surface area contributed by atoms with Crippen molar-refractivity contribution in [1.29, 1.82) is 0 Å². The fourth-order valence-corrected chi connectivity index (χ4v) is 1.97. The van der Waals surface area contributed by atoms with Crippen molar-refractivity contribution in [3.05, 3.63) is 0 Å². The third-order valence-corrected chi connectivity index (χ3v) is 2.61. The molecule has 2 aliphatic heterocycles. The van der Waals surface area contributed by atoms with Gasteiger partial charge in [-0.1, -0.05) is 0 Å². The summed E-state index contributed by atoms with van der Waals surface area (Å²) in [6.07, 6.45) is 1.17. The third-order valence-electron chi connectivity index (χ3n) is 2.61. The average Bonchev–Trinajstić information content (AvgIpc) is 2.44. The molecule has 0 aromatic carbocycles. The SMILES string of the molecule is COC(=O)[C@@H]1[C@H]2CN[C@@H]1C2. The Bertz CT molecular complexity index is 155. The molecule has 3 rings (SSSR count). The Morgan fingerprint density at radius 1 is 1.70 bits per heavy atom. The summed E-state index contributed by atoms with van der Waals surface area (Å²) in [7, 11) is 1.46. The predicted octanol–water partition coefficient (Wildman–Crippen LogP) is -0.233. The van der Waals surface area contributed by atoms with Gasteiger partial charge in [0.15, 0.2) is 0 Å². The zero-order chi connectivity index (χ0) is 7.14. The van der Waals surface area contributed by atoms with Gasteiger partial charge >= 0.3 is 5.97 Å². The van der Waals surface area contributed by atoms with Gasteiger partial charge in [-0.3, -0.25) is 4.79 Å². The van der Waals surface area contributed by atoms with Crippen LogP contribution in [0.1, 0.15) is 6.42 Å². The standard InChI is InChI=1S/C7H11NO2/c1-10-7(9)6-4-2-5(6)8-3-4/h4-6,8H,2-3H2,1H3/t4-,5-,6-/m1/s1. The molecule has 0 spiro atoms. The fraction of sp³-hybridized carbons (Fsp3) is 0.857. The van der Waals surface area contributed by atoms with Gasteiger partial charge in [0.25, 0.3) is 0 Å². The van der Waals surface area contributed by atoms with E-state index in [2.05, 4.69) is 10.1 Å². The van der Waals surface area contributed by atoms with Crippen LogP contribution in [0.25, 0.3) is 0 Å². The van der Waals surface area contributed by atoms with Gasteiger partial charge in [-0.05, 0) is 18.9 Å². The topological polar surface area (TPSA) is 38.3 Å². The number of nitrogens with one attached hydrogen (secondary N) is 1. The van der Waals surface area contributed by atoms with Crippen molar-refractivity contribution in [2.24, 2.45) is 11.8 Å². The Morgan fingerprint density at radius 2 is 2.50 bits per heavy atom. The summed E-state index contributed by atoms with van der Waals surface area (Å²) in [5.74, 6) is 0.702. The second-order valence-electron chi connectivity index (χ2n) is 3.06. The second-order valence-corrected chi connectivity index (χ2v) is 3.06. The largest absolute Gasteiger partial charge is 0.469 e. The lowest BCUT2D eigenvalue weighted by Crippen LogP contribution is -2.42. The third kappa shape index (κ3) is 0.611. The molecule has 3 atom stereocenters. The molecular formula is C7H11NO2. The molecule has 0 aromatic heterocycles. The molecule has 1 N–H and O–H groups in total. The van der Waals surface area contributed by atoms with Gasteiger partial charge in [0.05, 0.1) is 13.0 Å². The van der Waals surface area contributed by atoms with Crippen LogP contribution in [0.5, 0.6) is 0 Å². The zero-order valence-electron chi connectivity index (χ0n) is 5.96. The van der Waals surface area contributed by atoms with Crippen molar-refractivity contribution in [3.8, 4) is 0 Å². The van der Waals surface area contributed by atoms with Gasteiger partial charge in [-0.25, -0.2) is 0 Å². The lowest BCUT2D eigenvalue weighted by Gasteiger charge is -2.31. The van der Waals surface area contributed by atoms with E-state index in [1.54, 1.807) is 0 Å². The van der Waals surface area contributed by atoms with Crippen LogP contribution in [-0.2, 0) is 9.53 Å². The van der Waals surface area contributed by atoms with Crippen LogP contribution in [0.15, 0.2) is 0 Å². The highest BCUT2D eigenvalue weighted by Crippen LogP contribution is 2.40. The minimum atomic E-state index is -0.0359. The summed E-state index contributed by atoms with van der Waals surface area (Å²) in [6, 6.07) is 0.428. The molecule has 0 amide bonds. The molecule has 0 unspecified atom stereocenters. The summed E-state index contributed by atoms with van der Waals surface area (Å²) >= 11 is 0. The number of hydrogen-bond donors (Lipinski definition) is 1. The van der Waals surface area contributed by atoms with Crippen LogP contribution in [0.3, 0.4) is 0 Å². The number of carbonyl (C=O) groups is 1. The fourth-order valence-electron chi connectivity index (χ4n) is 1.97. The molecule has 0 radical (unpaired) electrons. The van der Waals surface area contributed by atoms with Crippen LogP contribution in [-0.4, -0.2) is 25.7 Å². The Labute approximate surface area is 59.7 Å². The quantitative estimate of drug-likeness (QED) is 0.512. The van der Waals surface area contributed by atoms with Crippen molar-refractivity contribution < 1.29 is 9.53 Å².